The fourth-order valence-electron chi connectivity index (χ4n) is 2.55. The number of amides is 2. The molecule has 2 amide bonds. The Balaban J connectivity index is 1.85. The first-order valence-corrected chi connectivity index (χ1v) is 9.84. The van der Waals surface area contributed by atoms with E-state index >= 15 is 0 Å². The van der Waals surface area contributed by atoms with Crippen LogP contribution >= 0.6 is 27.7 Å². The first-order chi connectivity index (χ1) is 13.9. The van der Waals surface area contributed by atoms with Crippen LogP contribution in [0.4, 0.5) is 10.5 Å². The Kier molecular flexibility index (Phi) is 6.36. The van der Waals surface area contributed by atoms with Crippen LogP contribution in [0.25, 0.3) is 6.08 Å². The van der Waals surface area contributed by atoms with E-state index in [-0.39, 0.29) is 23.7 Å². The number of nitro benzene ring substituents is 1. The fraction of sp³-hybridized carbons (Fsp3) is 0.100. The van der Waals surface area contributed by atoms with Crippen LogP contribution < -0.4 is 4.74 Å². The van der Waals surface area contributed by atoms with Gasteiger partial charge in [0.2, 0.25) is 0 Å². The lowest BCUT2D eigenvalue weighted by molar-refractivity contribution is -0.384. The average molecular weight is 473 g/mol. The van der Waals surface area contributed by atoms with Crippen LogP contribution in [-0.4, -0.2) is 27.5 Å². The van der Waals surface area contributed by atoms with E-state index in [0.29, 0.717) is 16.9 Å². The van der Waals surface area contributed by atoms with Crippen LogP contribution in [0.3, 0.4) is 0 Å². The zero-order valence-corrected chi connectivity index (χ0v) is 17.2. The number of hydrogen-bond acceptors (Lipinski definition) is 6. The lowest BCUT2D eigenvalue weighted by Crippen LogP contribution is -2.28. The van der Waals surface area contributed by atoms with Gasteiger partial charge in [-0.3, -0.25) is 24.6 Å². The summed E-state index contributed by atoms with van der Waals surface area (Å²) in [5, 5.41) is 10.5. The van der Waals surface area contributed by atoms with Gasteiger partial charge < -0.3 is 4.74 Å². The van der Waals surface area contributed by atoms with Gasteiger partial charge in [0.25, 0.3) is 16.8 Å². The number of benzene rings is 2. The summed E-state index contributed by atoms with van der Waals surface area (Å²) in [6.45, 7) is 0.0133. The van der Waals surface area contributed by atoms with Gasteiger partial charge in [-0.25, -0.2) is 0 Å². The van der Waals surface area contributed by atoms with Gasteiger partial charge in [-0.15, -0.1) is 6.42 Å². The minimum absolute atomic E-state index is 0.0238. The molecule has 1 fully saturated rings. The minimum Gasteiger partial charge on any atom is -0.488 e. The maximum atomic E-state index is 12.4. The van der Waals surface area contributed by atoms with Crippen molar-refractivity contribution in [3.63, 3.8) is 0 Å². The van der Waals surface area contributed by atoms with Gasteiger partial charge >= 0.3 is 0 Å². The number of halogens is 1. The summed E-state index contributed by atoms with van der Waals surface area (Å²) in [6, 6.07) is 11.4. The summed E-state index contributed by atoms with van der Waals surface area (Å²) in [6.07, 6.45) is 6.77. The highest BCUT2D eigenvalue weighted by molar-refractivity contribution is 9.10. The molecule has 7 nitrogen and oxygen atoms in total. The molecule has 29 heavy (non-hydrogen) atoms. The van der Waals surface area contributed by atoms with Crippen LogP contribution in [0.5, 0.6) is 5.75 Å². The van der Waals surface area contributed by atoms with Crippen molar-refractivity contribution in [2.45, 2.75) is 6.61 Å². The lowest BCUT2D eigenvalue weighted by Gasteiger charge is -2.11. The number of imide groups is 1. The van der Waals surface area contributed by atoms with Gasteiger partial charge in [0, 0.05) is 22.2 Å². The molecule has 0 atom stereocenters. The molecule has 0 aromatic heterocycles. The number of terminal acetylenes is 1. The van der Waals surface area contributed by atoms with E-state index in [0.717, 1.165) is 21.1 Å². The predicted octanol–water partition coefficient (Wildman–Crippen LogP) is 4.61. The maximum absolute atomic E-state index is 12.4. The number of non-ortho nitro benzene ring substituents is 1. The molecule has 2 aromatic rings. The molecule has 1 aliphatic rings. The molecule has 1 heterocycles. The van der Waals surface area contributed by atoms with Crippen LogP contribution in [0.1, 0.15) is 11.1 Å². The Hall–Kier alpha value is -3.09. The Morgan fingerprint density at radius 1 is 1.28 bits per heavy atom. The second-order valence-electron chi connectivity index (χ2n) is 5.87. The fourth-order valence-corrected chi connectivity index (χ4v) is 3.76. The van der Waals surface area contributed by atoms with E-state index in [1.807, 2.05) is 0 Å². The number of ether oxygens (including phenoxy) is 1. The SMILES string of the molecule is C#CCN1C(=O)S/C(=C/c2cc(Br)ccc2OCc2cccc([N+](=O)[O-])c2)C1=O. The summed E-state index contributed by atoms with van der Waals surface area (Å²) >= 11 is 4.18. The number of nitro groups is 1. The molecule has 0 bridgehead atoms. The van der Waals surface area contributed by atoms with E-state index in [4.69, 9.17) is 11.2 Å². The Morgan fingerprint density at radius 3 is 2.79 bits per heavy atom. The van der Waals surface area contributed by atoms with E-state index < -0.39 is 16.1 Å². The smallest absolute Gasteiger partial charge is 0.294 e. The molecule has 3 rings (SSSR count). The number of thioether (sulfide) groups is 1. The Morgan fingerprint density at radius 2 is 2.07 bits per heavy atom. The number of carbonyl (C=O) groups excluding carboxylic acids is 2. The summed E-state index contributed by atoms with van der Waals surface area (Å²) in [7, 11) is 0. The van der Waals surface area contributed by atoms with Gasteiger partial charge in [0.05, 0.1) is 16.4 Å². The first-order valence-electron chi connectivity index (χ1n) is 8.23. The second kappa shape index (κ2) is 8.94. The summed E-state index contributed by atoms with van der Waals surface area (Å²) in [5.41, 5.74) is 1.18. The molecule has 0 saturated carbocycles. The predicted molar refractivity (Wildman–Crippen MR) is 113 cm³/mol. The van der Waals surface area contributed by atoms with Crippen molar-refractivity contribution in [1.29, 1.82) is 0 Å². The third kappa shape index (κ3) is 4.85. The normalized spacial score (nSPS) is 14.9. The lowest BCUT2D eigenvalue weighted by atomic mass is 10.1. The largest absolute Gasteiger partial charge is 0.488 e. The topological polar surface area (TPSA) is 89.8 Å². The van der Waals surface area contributed by atoms with Gasteiger partial charge in [0.1, 0.15) is 12.4 Å². The van der Waals surface area contributed by atoms with Gasteiger partial charge in [-0.05, 0) is 41.6 Å². The molecule has 2 aromatic carbocycles. The van der Waals surface area contributed by atoms with E-state index in [1.54, 1.807) is 36.4 Å². The second-order valence-corrected chi connectivity index (χ2v) is 7.78. The minimum atomic E-state index is -0.471. The van der Waals surface area contributed by atoms with Crippen molar-refractivity contribution in [3.8, 4) is 18.1 Å². The third-order valence-corrected chi connectivity index (χ3v) is 5.30. The molecular weight excluding hydrogens is 460 g/mol. The standard InChI is InChI=1S/C20H13BrN2O5S/c1-2-8-22-19(24)18(29-20(22)25)11-14-10-15(21)6-7-17(14)28-12-13-4-3-5-16(9-13)23(26)27/h1,3-7,9-11H,8,12H2/b18-11+. The zero-order chi connectivity index (χ0) is 21.0. The van der Waals surface area contributed by atoms with Gasteiger partial charge in [0.15, 0.2) is 0 Å². The zero-order valence-electron chi connectivity index (χ0n) is 14.8. The van der Waals surface area contributed by atoms with E-state index in [2.05, 4.69) is 21.9 Å². The number of carbonyl (C=O) groups is 2. The third-order valence-electron chi connectivity index (χ3n) is 3.90. The van der Waals surface area contributed by atoms with E-state index in [9.17, 15) is 19.7 Å². The van der Waals surface area contributed by atoms with Gasteiger partial charge in [-0.2, -0.15) is 0 Å². The number of rotatable bonds is 6. The molecular formula is C20H13BrN2O5S. The Bertz CT molecular complexity index is 1080. The summed E-state index contributed by atoms with van der Waals surface area (Å²) in [4.78, 5) is 36.0. The average Bonchev–Trinajstić information content (AvgIpc) is 2.95. The van der Waals surface area contributed by atoms with Crippen molar-refractivity contribution in [1.82, 2.24) is 4.90 Å². The monoisotopic (exact) mass is 472 g/mol. The van der Waals surface area contributed by atoms with E-state index in [1.165, 1.54) is 12.1 Å². The van der Waals surface area contributed by atoms with Crippen molar-refractivity contribution in [3.05, 3.63) is 73.1 Å². The van der Waals surface area contributed by atoms with Crippen molar-refractivity contribution in [2.75, 3.05) is 6.54 Å². The highest BCUT2D eigenvalue weighted by atomic mass is 79.9. The molecule has 146 valence electrons. The maximum Gasteiger partial charge on any atom is 0.294 e. The summed E-state index contributed by atoms with van der Waals surface area (Å²) < 4.78 is 6.58. The van der Waals surface area contributed by atoms with Crippen LogP contribution in [0.2, 0.25) is 0 Å². The van der Waals surface area contributed by atoms with Crippen molar-refractivity contribution < 1.29 is 19.2 Å². The number of hydrogen-bond donors (Lipinski definition) is 0. The highest BCUT2D eigenvalue weighted by Crippen LogP contribution is 2.35. The summed E-state index contributed by atoms with van der Waals surface area (Å²) in [5.74, 6) is 2.30. The molecule has 0 radical (unpaired) electrons. The molecule has 0 aliphatic carbocycles. The van der Waals surface area contributed by atoms with Gasteiger partial charge in [-0.1, -0.05) is 34.0 Å². The van der Waals surface area contributed by atoms with Crippen LogP contribution in [-0.2, 0) is 11.4 Å². The first kappa shape index (κ1) is 20.6. The molecule has 1 saturated heterocycles. The quantitative estimate of drug-likeness (QED) is 0.264. The molecule has 1 aliphatic heterocycles. The number of nitrogens with zero attached hydrogens (tertiary/aromatic N) is 2. The van der Waals surface area contributed by atoms with Crippen molar-refractivity contribution in [2.24, 2.45) is 0 Å². The van der Waals surface area contributed by atoms with Crippen LogP contribution in [0, 0.1) is 22.5 Å². The molecule has 0 spiro atoms. The molecule has 0 unspecified atom stereocenters. The van der Waals surface area contributed by atoms with Crippen molar-refractivity contribution >= 4 is 50.6 Å². The van der Waals surface area contributed by atoms with Crippen LogP contribution in [0.15, 0.2) is 51.8 Å². The molecule has 9 heteroatoms. The molecule has 0 N–H and O–H groups in total. The Labute approximate surface area is 179 Å². The highest BCUT2D eigenvalue weighted by Gasteiger charge is 2.34.